The molecule has 0 aromatic heterocycles. The summed E-state index contributed by atoms with van der Waals surface area (Å²) < 4.78 is 31.3. The van der Waals surface area contributed by atoms with E-state index >= 15 is 0 Å². The third-order valence-corrected chi connectivity index (χ3v) is 5.42. The fraction of sp³-hybridized carbons (Fsp3) is 0.833. The van der Waals surface area contributed by atoms with Crippen LogP contribution >= 0.6 is 12.2 Å². The van der Waals surface area contributed by atoms with Crippen LogP contribution in [0.3, 0.4) is 0 Å². The molecule has 8 heteroatoms. The van der Waals surface area contributed by atoms with Crippen LogP contribution in [-0.2, 0) is 19.6 Å². The highest BCUT2D eigenvalue weighted by molar-refractivity contribution is 7.89. The number of hydrogen-bond acceptors (Lipinski definition) is 5. The molecule has 0 bridgehead atoms. The van der Waals surface area contributed by atoms with Gasteiger partial charge >= 0.3 is 5.97 Å². The summed E-state index contributed by atoms with van der Waals surface area (Å²) in [6, 6.07) is 0. The second-order valence-corrected chi connectivity index (χ2v) is 7.39. The molecule has 1 aliphatic carbocycles. The molecule has 0 aliphatic heterocycles. The van der Waals surface area contributed by atoms with Gasteiger partial charge in [-0.25, -0.2) is 13.1 Å². The number of nitrogens with one attached hydrogen (secondary N) is 1. The highest BCUT2D eigenvalue weighted by Gasteiger charge is 2.37. The lowest BCUT2D eigenvalue weighted by Crippen LogP contribution is -2.56. The lowest BCUT2D eigenvalue weighted by atomic mass is 9.91. The normalized spacial score (nSPS) is 19.1. The van der Waals surface area contributed by atoms with Crippen LogP contribution in [0.25, 0.3) is 0 Å². The Hall–Kier alpha value is -0.730. The molecule has 1 fully saturated rings. The quantitative estimate of drug-likeness (QED) is 0.427. The van der Waals surface area contributed by atoms with Crippen molar-refractivity contribution in [1.82, 2.24) is 4.72 Å². The number of sulfonamides is 1. The van der Waals surface area contributed by atoms with Crippen LogP contribution in [0, 0.1) is 0 Å². The van der Waals surface area contributed by atoms with Gasteiger partial charge in [0.2, 0.25) is 10.0 Å². The largest absolute Gasteiger partial charge is 0.469 e. The van der Waals surface area contributed by atoms with Crippen LogP contribution < -0.4 is 10.5 Å². The highest BCUT2D eigenvalue weighted by Crippen LogP contribution is 2.28. The SMILES string of the molecule is COC(=O)CCS(=O)(=O)NC1(C(N)=S)CCCCCC1. The number of rotatable bonds is 6. The molecule has 0 aromatic carbocycles. The number of esters is 1. The maximum absolute atomic E-state index is 12.1. The van der Waals surface area contributed by atoms with Crippen molar-refractivity contribution in [1.29, 1.82) is 0 Å². The Kier molecular flexibility index (Phi) is 6.35. The predicted molar refractivity (Wildman–Crippen MR) is 80.8 cm³/mol. The Labute approximate surface area is 125 Å². The van der Waals surface area contributed by atoms with E-state index in [1.54, 1.807) is 0 Å². The molecule has 116 valence electrons. The molecule has 0 radical (unpaired) electrons. The lowest BCUT2D eigenvalue weighted by molar-refractivity contribution is -0.140. The number of methoxy groups -OCH3 is 1. The van der Waals surface area contributed by atoms with Crippen LogP contribution in [0.2, 0.25) is 0 Å². The van der Waals surface area contributed by atoms with Crippen molar-refractivity contribution in [2.75, 3.05) is 12.9 Å². The van der Waals surface area contributed by atoms with E-state index in [4.69, 9.17) is 18.0 Å². The van der Waals surface area contributed by atoms with Crippen molar-refractivity contribution in [3.63, 3.8) is 0 Å². The second kappa shape index (κ2) is 7.33. The topological polar surface area (TPSA) is 98.5 Å². The van der Waals surface area contributed by atoms with Crippen LogP contribution in [-0.4, -0.2) is 37.8 Å². The third-order valence-electron chi connectivity index (χ3n) is 3.58. The number of ether oxygens (including phenoxy) is 1. The maximum Gasteiger partial charge on any atom is 0.306 e. The molecule has 1 rings (SSSR count). The van der Waals surface area contributed by atoms with E-state index in [9.17, 15) is 13.2 Å². The van der Waals surface area contributed by atoms with Crippen molar-refractivity contribution < 1.29 is 17.9 Å². The molecule has 0 saturated heterocycles. The minimum atomic E-state index is -3.62. The van der Waals surface area contributed by atoms with Gasteiger partial charge < -0.3 is 10.5 Å². The van der Waals surface area contributed by atoms with Gasteiger partial charge in [0, 0.05) is 0 Å². The van der Waals surface area contributed by atoms with Gasteiger partial charge in [-0.3, -0.25) is 4.79 Å². The standard InChI is InChI=1S/C12H22N2O4S2/c1-18-10(15)6-9-20(16,17)14-12(11(13)19)7-4-2-3-5-8-12/h14H,2-9H2,1H3,(H2,13,19). The first-order valence-electron chi connectivity index (χ1n) is 6.70. The van der Waals surface area contributed by atoms with Crippen LogP contribution in [0.15, 0.2) is 0 Å². The molecule has 20 heavy (non-hydrogen) atoms. The second-order valence-electron chi connectivity index (χ2n) is 5.11. The number of thiocarbonyl (C=S) groups is 1. The monoisotopic (exact) mass is 322 g/mol. The highest BCUT2D eigenvalue weighted by atomic mass is 32.2. The summed E-state index contributed by atoms with van der Waals surface area (Å²) in [6.07, 6.45) is 4.91. The maximum atomic E-state index is 12.1. The molecule has 0 atom stereocenters. The summed E-state index contributed by atoms with van der Waals surface area (Å²) in [5, 5.41) is 0. The molecular formula is C12H22N2O4S2. The van der Waals surface area contributed by atoms with Crippen molar-refractivity contribution in [3.05, 3.63) is 0 Å². The summed E-state index contributed by atoms with van der Waals surface area (Å²) in [5.41, 5.74) is 4.93. The van der Waals surface area contributed by atoms with Crippen molar-refractivity contribution in [2.45, 2.75) is 50.5 Å². The summed E-state index contributed by atoms with van der Waals surface area (Å²) in [4.78, 5) is 11.2. The van der Waals surface area contributed by atoms with E-state index in [0.29, 0.717) is 12.8 Å². The smallest absolute Gasteiger partial charge is 0.306 e. The fourth-order valence-corrected chi connectivity index (χ4v) is 4.17. The molecule has 1 saturated carbocycles. The van der Waals surface area contributed by atoms with Gasteiger partial charge in [-0.05, 0) is 12.8 Å². The van der Waals surface area contributed by atoms with E-state index in [1.807, 2.05) is 0 Å². The van der Waals surface area contributed by atoms with E-state index in [2.05, 4.69) is 9.46 Å². The van der Waals surface area contributed by atoms with E-state index in [1.165, 1.54) is 7.11 Å². The van der Waals surface area contributed by atoms with Gasteiger partial charge in [0.25, 0.3) is 0 Å². The molecule has 0 spiro atoms. The van der Waals surface area contributed by atoms with Gasteiger partial charge in [0.15, 0.2) is 0 Å². The Bertz CT molecular complexity index is 454. The molecule has 0 heterocycles. The molecule has 1 aliphatic rings. The first-order chi connectivity index (χ1) is 9.31. The Morgan fingerprint density at radius 3 is 2.30 bits per heavy atom. The van der Waals surface area contributed by atoms with Crippen LogP contribution in [0.1, 0.15) is 44.9 Å². The molecule has 0 unspecified atom stereocenters. The number of carbonyl (C=O) groups is 1. The lowest BCUT2D eigenvalue weighted by Gasteiger charge is -2.32. The van der Waals surface area contributed by atoms with Crippen molar-refractivity contribution in [2.24, 2.45) is 5.73 Å². The Morgan fingerprint density at radius 2 is 1.85 bits per heavy atom. The Balaban J connectivity index is 2.78. The van der Waals surface area contributed by atoms with Crippen LogP contribution in [0.4, 0.5) is 0 Å². The number of carbonyl (C=O) groups excluding carboxylic acids is 1. The number of hydrogen-bond donors (Lipinski definition) is 2. The summed E-state index contributed by atoms with van der Waals surface area (Å²) in [7, 11) is -2.40. The summed E-state index contributed by atoms with van der Waals surface area (Å²) in [5.74, 6) is -0.870. The summed E-state index contributed by atoms with van der Waals surface area (Å²) >= 11 is 5.07. The average molecular weight is 322 g/mol. The molecule has 6 nitrogen and oxygen atoms in total. The fourth-order valence-electron chi connectivity index (χ4n) is 2.40. The average Bonchev–Trinajstić information content (AvgIpc) is 2.62. The molecule has 3 N–H and O–H groups in total. The Morgan fingerprint density at radius 1 is 1.30 bits per heavy atom. The van der Waals surface area contributed by atoms with Crippen LogP contribution in [0.5, 0.6) is 0 Å². The minimum absolute atomic E-state index is 0.181. The third kappa shape index (κ3) is 4.99. The first-order valence-corrected chi connectivity index (χ1v) is 8.76. The zero-order chi connectivity index (χ0) is 15.2. The van der Waals surface area contributed by atoms with Crippen molar-refractivity contribution >= 4 is 33.2 Å². The minimum Gasteiger partial charge on any atom is -0.469 e. The van der Waals surface area contributed by atoms with Gasteiger partial charge in [0.1, 0.15) is 0 Å². The van der Waals surface area contributed by atoms with E-state index in [-0.39, 0.29) is 17.2 Å². The van der Waals surface area contributed by atoms with Gasteiger partial charge in [0.05, 0.1) is 29.8 Å². The molecule has 0 amide bonds. The number of nitrogens with two attached hydrogens (primary N) is 1. The molecule has 0 aromatic rings. The predicted octanol–water partition coefficient (Wildman–Crippen LogP) is 0.848. The zero-order valence-electron chi connectivity index (χ0n) is 11.7. The zero-order valence-corrected chi connectivity index (χ0v) is 13.3. The van der Waals surface area contributed by atoms with Gasteiger partial charge in [-0.1, -0.05) is 37.9 Å². The van der Waals surface area contributed by atoms with Gasteiger partial charge in [-0.15, -0.1) is 0 Å². The summed E-state index contributed by atoms with van der Waals surface area (Å²) in [6.45, 7) is 0. The van der Waals surface area contributed by atoms with Gasteiger partial charge in [-0.2, -0.15) is 0 Å². The molecular weight excluding hydrogens is 300 g/mol. The van der Waals surface area contributed by atoms with Crippen molar-refractivity contribution in [3.8, 4) is 0 Å². The van der Waals surface area contributed by atoms with E-state index < -0.39 is 21.5 Å². The first kappa shape index (κ1) is 17.3. The van der Waals surface area contributed by atoms with E-state index in [0.717, 1.165) is 25.7 Å².